The standard InChI is InChI=1S/C29H38N8O3/c1-35-25-10-9-22-16-24(25)28(34-35)29(40)31-12-15-36(18-23-17-30-20-32-23)13-5-8-27(39)37(19-26(38)33-22)14-11-21-6-3-2-4-7-21/h2-4,6-7,17,20,22H,5,8-16,18-19H2,1H3,(H,30,32)(H,31,40)(H,33,38). The van der Waals surface area contributed by atoms with E-state index in [1.54, 1.807) is 22.1 Å². The zero-order valence-electron chi connectivity index (χ0n) is 23.1. The van der Waals surface area contributed by atoms with Gasteiger partial charge in [-0.3, -0.25) is 24.0 Å². The number of nitrogens with zero attached hydrogens (tertiary/aromatic N) is 5. The zero-order chi connectivity index (χ0) is 27.9. The van der Waals surface area contributed by atoms with Crippen molar-refractivity contribution in [2.75, 3.05) is 32.7 Å². The molecule has 0 saturated carbocycles. The van der Waals surface area contributed by atoms with Gasteiger partial charge < -0.3 is 20.5 Å². The number of benzene rings is 1. The highest BCUT2D eigenvalue weighted by atomic mass is 16.2. The number of amides is 3. The Morgan fingerprint density at radius 3 is 2.73 bits per heavy atom. The van der Waals surface area contributed by atoms with E-state index in [0.29, 0.717) is 64.1 Å². The molecular formula is C29H38N8O3. The summed E-state index contributed by atoms with van der Waals surface area (Å²) in [5.41, 5.74) is 4.46. The molecule has 1 unspecified atom stereocenters. The predicted molar refractivity (Wildman–Crippen MR) is 149 cm³/mol. The Balaban J connectivity index is 1.34. The van der Waals surface area contributed by atoms with Crippen LogP contribution in [0.15, 0.2) is 42.9 Å². The van der Waals surface area contributed by atoms with E-state index in [1.807, 2.05) is 37.4 Å². The Morgan fingerprint density at radius 2 is 1.93 bits per heavy atom. The molecule has 3 amide bonds. The first-order valence-electron chi connectivity index (χ1n) is 14.1. The summed E-state index contributed by atoms with van der Waals surface area (Å²) in [5, 5.41) is 10.7. The summed E-state index contributed by atoms with van der Waals surface area (Å²) in [6.07, 6.45) is 7.14. The Kier molecular flexibility index (Phi) is 8.90. The van der Waals surface area contributed by atoms with Gasteiger partial charge in [-0.15, -0.1) is 0 Å². The van der Waals surface area contributed by atoms with E-state index >= 15 is 0 Å². The Morgan fingerprint density at radius 1 is 1.07 bits per heavy atom. The number of rotatable bonds is 5. The quantitative estimate of drug-likeness (QED) is 0.442. The molecule has 11 nitrogen and oxygen atoms in total. The molecule has 3 aromatic rings. The van der Waals surface area contributed by atoms with Crippen molar-refractivity contribution in [3.05, 3.63) is 71.1 Å². The minimum Gasteiger partial charge on any atom is -0.351 e. The lowest BCUT2D eigenvalue weighted by Gasteiger charge is -2.27. The number of hydrogen-bond donors (Lipinski definition) is 3. The Bertz CT molecular complexity index is 1300. The maximum Gasteiger partial charge on any atom is 0.272 e. The van der Waals surface area contributed by atoms with Gasteiger partial charge in [-0.25, -0.2) is 4.98 Å². The number of carbonyl (C=O) groups is 3. The number of nitrogens with one attached hydrogen (secondary N) is 3. The summed E-state index contributed by atoms with van der Waals surface area (Å²) < 4.78 is 1.79. The van der Waals surface area contributed by atoms with Gasteiger partial charge in [-0.2, -0.15) is 5.10 Å². The van der Waals surface area contributed by atoms with Crippen molar-refractivity contribution >= 4 is 17.7 Å². The van der Waals surface area contributed by atoms with Crippen molar-refractivity contribution in [1.29, 1.82) is 0 Å². The van der Waals surface area contributed by atoms with Crippen molar-refractivity contribution in [2.24, 2.45) is 7.05 Å². The minimum absolute atomic E-state index is 0.0211. The molecule has 0 radical (unpaired) electrons. The third-order valence-corrected chi connectivity index (χ3v) is 7.76. The van der Waals surface area contributed by atoms with E-state index in [1.165, 1.54) is 0 Å². The molecule has 1 atom stereocenters. The fourth-order valence-corrected chi connectivity index (χ4v) is 5.65. The van der Waals surface area contributed by atoms with Gasteiger partial charge in [0.25, 0.3) is 5.91 Å². The monoisotopic (exact) mass is 546 g/mol. The molecule has 0 fully saturated rings. The lowest BCUT2D eigenvalue weighted by atomic mass is 9.91. The minimum atomic E-state index is -0.197. The third-order valence-electron chi connectivity index (χ3n) is 7.76. The Labute approximate surface area is 234 Å². The first-order chi connectivity index (χ1) is 19.5. The van der Waals surface area contributed by atoms with Gasteiger partial charge >= 0.3 is 0 Å². The molecule has 1 aliphatic carbocycles. The highest BCUT2D eigenvalue weighted by Crippen LogP contribution is 2.24. The van der Waals surface area contributed by atoms with Crippen LogP contribution in [-0.2, 0) is 42.4 Å². The average molecular weight is 547 g/mol. The average Bonchev–Trinajstić information content (AvgIpc) is 3.58. The summed E-state index contributed by atoms with van der Waals surface area (Å²) in [7, 11) is 1.86. The molecule has 2 aromatic heterocycles. The van der Waals surface area contributed by atoms with E-state index < -0.39 is 0 Å². The lowest BCUT2D eigenvalue weighted by molar-refractivity contribution is -0.136. The second-order valence-electron chi connectivity index (χ2n) is 10.7. The third kappa shape index (κ3) is 6.95. The maximum atomic E-state index is 13.4. The second kappa shape index (κ2) is 12.9. The number of aromatic nitrogens is 4. The fourth-order valence-electron chi connectivity index (χ4n) is 5.65. The number of aryl methyl sites for hydroxylation is 1. The van der Waals surface area contributed by atoms with Crippen LogP contribution < -0.4 is 10.6 Å². The van der Waals surface area contributed by atoms with Gasteiger partial charge in [0, 0.05) is 68.8 Å². The SMILES string of the molecule is Cn1nc2c3c1CCC(C3)NC(=O)CN(CCc1ccccc1)C(=O)CCCN(Cc1cnc[nH]1)CCNC2=O. The summed E-state index contributed by atoms with van der Waals surface area (Å²) in [6, 6.07) is 9.91. The molecule has 212 valence electrons. The molecule has 5 rings (SSSR count). The fraction of sp³-hybridized carbons (Fsp3) is 0.483. The van der Waals surface area contributed by atoms with Crippen LogP contribution >= 0.6 is 0 Å². The zero-order valence-corrected chi connectivity index (χ0v) is 23.1. The van der Waals surface area contributed by atoms with Gasteiger partial charge in [0.2, 0.25) is 11.8 Å². The molecule has 1 aromatic carbocycles. The second-order valence-corrected chi connectivity index (χ2v) is 10.7. The van der Waals surface area contributed by atoms with E-state index in [9.17, 15) is 14.4 Å². The summed E-state index contributed by atoms with van der Waals surface area (Å²) >= 11 is 0. The van der Waals surface area contributed by atoms with Crippen LogP contribution in [0.2, 0.25) is 0 Å². The highest BCUT2D eigenvalue weighted by molar-refractivity contribution is 5.94. The molecule has 2 bridgehead atoms. The lowest BCUT2D eigenvalue weighted by Crippen LogP contribution is -2.46. The van der Waals surface area contributed by atoms with Gasteiger partial charge in [0.15, 0.2) is 5.69 Å². The van der Waals surface area contributed by atoms with E-state index in [-0.39, 0.29) is 30.3 Å². The van der Waals surface area contributed by atoms with E-state index in [2.05, 4.69) is 30.6 Å². The number of carbonyl (C=O) groups excluding carboxylic acids is 3. The van der Waals surface area contributed by atoms with E-state index in [0.717, 1.165) is 35.4 Å². The smallest absolute Gasteiger partial charge is 0.272 e. The summed E-state index contributed by atoms with van der Waals surface area (Å²) in [5.74, 6) is -0.391. The number of H-pyrrole nitrogens is 1. The number of imidazole rings is 1. The molecular weight excluding hydrogens is 508 g/mol. The van der Waals surface area contributed by atoms with Crippen LogP contribution in [-0.4, -0.2) is 86.0 Å². The van der Waals surface area contributed by atoms with Crippen LogP contribution in [0.1, 0.15) is 52.3 Å². The first-order valence-corrected chi connectivity index (χ1v) is 14.1. The number of hydrogen-bond acceptors (Lipinski definition) is 6. The molecule has 3 N–H and O–H groups in total. The molecule has 11 heteroatoms. The Hall–Kier alpha value is -3.99. The van der Waals surface area contributed by atoms with Crippen LogP contribution in [0.3, 0.4) is 0 Å². The van der Waals surface area contributed by atoms with Crippen LogP contribution in [0.25, 0.3) is 0 Å². The highest BCUT2D eigenvalue weighted by Gasteiger charge is 2.30. The van der Waals surface area contributed by atoms with Gasteiger partial charge in [-0.05, 0) is 44.2 Å². The van der Waals surface area contributed by atoms with Gasteiger partial charge in [0.1, 0.15) is 0 Å². The molecule has 0 spiro atoms. The van der Waals surface area contributed by atoms with Crippen LogP contribution in [0, 0.1) is 0 Å². The molecule has 40 heavy (non-hydrogen) atoms. The van der Waals surface area contributed by atoms with Crippen LogP contribution in [0.4, 0.5) is 0 Å². The number of aromatic amines is 1. The largest absolute Gasteiger partial charge is 0.351 e. The molecule has 3 heterocycles. The van der Waals surface area contributed by atoms with Crippen molar-refractivity contribution in [2.45, 2.75) is 51.1 Å². The predicted octanol–water partition coefficient (Wildman–Crippen LogP) is 1.21. The maximum absolute atomic E-state index is 13.4. The molecule has 2 aliphatic rings. The topological polar surface area (TPSA) is 128 Å². The number of fused-ring (bicyclic) bond motifs is 1. The van der Waals surface area contributed by atoms with Gasteiger partial charge in [0.05, 0.1) is 12.9 Å². The first kappa shape index (κ1) is 27.6. The summed E-state index contributed by atoms with van der Waals surface area (Å²) in [6.45, 7) is 2.87. The van der Waals surface area contributed by atoms with Crippen molar-refractivity contribution in [3.8, 4) is 0 Å². The van der Waals surface area contributed by atoms with Crippen molar-refractivity contribution < 1.29 is 14.4 Å². The van der Waals surface area contributed by atoms with Crippen molar-refractivity contribution in [1.82, 2.24) is 40.2 Å². The molecule has 0 saturated heterocycles. The molecule has 1 aliphatic heterocycles. The summed E-state index contributed by atoms with van der Waals surface area (Å²) in [4.78, 5) is 50.8. The van der Waals surface area contributed by atoms with Gasteiger partial charge in [-0.1, -0.05) is 30.3 Å². The normalized spacial score (nSPS) is 19.7. The van der Waals surface area contributed by atoms with Crippen molar-refractivity contribution in [3.63, 3.8) is 0 Å². The van der Waals surface area contributed by atoms with Crippen LogP contribution in [0.5, 0.6) is 0 Å². The van der Waals surface area contributed by atoms with E-state index in [4.69, 9.17) is 0 Å².